The molecule has 0 N–H and O–H groups in total. The molecule has 2 aromatic heterocycles. The Kier molecular flexibility index (Phi) is 3.71. The van der Waals surface area contributed by atoms with Crippen molar-refractivity contribution in [2.24, 2.45) is 0 Å². The summed E-state index contributed by atoms with van der Waals surface area (Å²) < 4.78 is 0. The average Bonchev–Trinajstić information content (AvgIpc) is 3.15. The number of nitrogens with zero attached hydrogens (tertiary/aromatic N) is 1. The van der Waals surface area contributed by atoms with Crippen molar-refractivity contribution in [1.29, 1.82) is 0 Å². The maximum absolute atomic E-state index is 11.5. The van der Waals surface area contributed by atoms with Crippen LogP contribution in [0.3, 0.4) is 0 Å². The molecule has 4 rings (SSSR count). The molecule has 24 heavy (non-hydrogen) atoms. The quantitative estimate of drug-likeness (QED) is 0.442. The molecule has 0 aliphatic carbocycles. The van der Waals surface area contributed by atoms with E-state index in [9.17, 15) is 4.79 Å². The summed E-state index contributed by atoms with van der Waals surface area (Å²) in [5, 5.41) is 5.40. The summed E-state index contributed by atoms with van der Waals surface area (Å²) in [5.41, 5.74) is 6.03. The Balaban J connectivity index is 1.91. The molecular weight excluding hydrogens is 314 g/mol. The molecule has 116 valence electrons. The van der Waals surface area contributed by atoms with Gasteiger partial charge in [0.05, 0.1) is 11.2 Å². The molecule has 0 unspecified atom stereocenters. The smallest absolute Gasteiger partial charge is 0.159 e. The molecule has 0 spiro atoms. The lowest BCUT2D eigenvalue weighted by atomic mass is 9.99. The van der Waals surface area contributed by atoms with Crippen LogP contribution < -0.4 is 0 Å². The number of para-hydroxylation sites is 1. The second-order valence-electron chi connectivity index (χ2n) is 5.72. The number of carbonyl (C=O) groups excluding carboxylic acids is 1. The summed E-state index contributed by atoms with van der Waals surface area (Å²) in [6.07, 6.45) is 0. The van der Waals surface area contributed by atoms with Gasteiger partial charge in [-0.3, -0.25) is 4.79 Å². The highest BCUT2D eigenvalue weighted by atomic mass is 32.1. The van der Waals surface area contributed by atoms with Crippen molar-refractivity contribution in [2.45, 2.75) is 6.92 Å². The Labute approximate surface area is 144 Å². The third-order valence-corrected chi connectivity index (χ3v) is 4.82. The van der Waals surface area contributed by atoms with Crippen LogP contribution in [-0.2, 0) is 0 Å². The Morgan fingerprint density at radius 1 is 0.958 bits per heavy atom. The highest BCUT2D eigenvalue weighted by Crippen LogP contribution is 2.33. The lowest BCUT2D eigenvalue weighted by molar-refractivity contribution is 0.101. The maximum Gasteiger partial charge on any atom is 0.159 e. The van der Waals surface area contributed by atoms with Crippen LogP contribution in [0, 0.1) is 0 Å². The fourth-order valence-electron chi connectivity index (χ4n) is 2.86. The molecule has 2 nitrogen and oxygen atoms in total. The van der Waals surface area contributed by atoms with E-state index in [4.69, 9.17) is 4.98 Å². The lowest BCUT2D eigenvalue weighted by Gasteiger charge is -2.09. The van der Waals surface area contributed by atoms with Gasteiger partial charge < -0.3 is 0 Å². The molecule has 0 saturated heterocycles. The minimum atomic E-state index is 0.0759. The molecule has 4 aromatic rings. The number of carbonyl (C=O) groups is 1. The summed E-state index contributed by atoms with van der Waals surface area (Å²) in [6.45, 7) is 1.58. The van der Waals surface area contributed by atoms with Gasteiger partial charge in [-0.25, -0.2) is 4.98 Å². The molecule has 0 radical (unpaired) electrons. The van der Waals surface area contributed by atoms with Gasteiger partial charge in [0.2, 0.25) is 0 Å². The fraction of sp³-hybridized carbons (Fsp3) is 0.0476. The molecular formula is C21H15NOS. The third kappa shape index (κ3) is 2.63. The van der Waals surface area contributed by atoms with Crippen molar-refractivity contribution >= 4 is 28.0 Å². The molecule has 0 aliphatic heterocycles. The minimum Gasteiger partial charge on any atom is -0.295 e. The van der Waals surface area contributed by atoms with Gasteiger partial charge in [0.1, 0.15) is 0 Å². The van der Waals surface area contributed by atoms with E-state index in [0.29, 0.717) is 0 Å². The SMILES string of the molecule is CC(=O)c1ccc(-c2cc(-c3ccsc3)c3ccccc3n2)cc1. The number of hydrogen-bond donors (Lipinski definition) is 0. The van der Waals surface area contributed by atoms with E-state index < -0.39 is 0 Å². The van der Waals surface area contributed by atoms with Crippen molar-refractivity contribution < 1.29 is 4.79 Å². The number of ketones is 1. The number of hydrogen-bond acceptors (Lipinski definition) is 3. The maximum atomic E-state index is 11.5. The van der Waals surface area contributed by atoms with Gasteiger partial charge >= 0.3 is 0 Å². The topological polar surface area (TPSA) is 30.0 Å². The first-order valence-corrected chi connectivity index (χ1v) is 8.70. The number of fused-ring (bicyclic) bond motifs is 1. The Morgan fingerprint density at radius 2 is 1.75 bits per heavy atom. The number of rotatable bonds is 3. The van der Waals surface area contributed by atoms with E-state index in [1.54, 1.807) is 18.3 Å². The van der Waals surface area contributed by atoms with Gasteiger partial charge in [0.25, 0.3) is 0 Å². The van der Waals surface area contributed by atoms with Crippen LogP contribution in [0.15, 0.2) is 71.4 Å². The van der Waals surface area contributed by atoms with Gasteiger partial charge in [0.15, 0.2) is 5.78 Å². The molecule has 0 fully saturated rings. The predicted molar refractivity (Wildman–Crippen MR) is 100 cm³/mol. The van der Waals surface area contributed by atoms with Crippen LogP contribution in [0.5, 0.6) is 0 Å². The predicted octanol–water partition coefficient (Wildman–Crippen LogP) is 5.83. The zero-order chi connectivity index (χ0) is 16.5. The van der Waals surface area contributed by atoms with Crippen LogP contribution in [0.25, 0.3) is 33.3 Å². The van der Waals surface area contributed by atoms with E-state index in [0.717, 1.165) is 27.7 Å². The number of thiophene rings is 1. The lowest BCUT2D eigenvalue weighted by Crippen LogP contribution is -1.92. The van der Waals surface area contributed by atoms with Gasteiger partial charge in [-0.05, 0) is 47.0 Å². The van der Waals surface area contributed by atoms with E-state index in [1.165, 1.54) is 11.1 Å². The highest BCUT2D eigenvalue weighted by Gasteiger charge is 2.10. The molecule has 2 aromatic carbocycles. The third-order valence-electron chi connectivity index (χ3n) is 4.14. The van der Waals surface area contributed by atoms with Gasteiger partial charge in [-0.1, -0.05) is 42.5 Å². The van der Waals surface area contributed by atoms with E-state index >= 15 is 0 Å². The number of benzene rings is 2. The first-order valence-electron chi connectivity index (χ1n) is 7.76. The summed E-state index contributed by atoms with van der Waals surface area (Å²) >= 11 is 1.69. The second-order valence-corrected chi connectivity index (χ2v) is 6.50. The van der Waals surface area contributed by atoms with E-state index in [2.05, 4.69) is 29.0 Å². The van der Waals surface area contributed by atoms with E-state index in [1.807, 2.05) is 42.5 Å². The normalized spacial score (nSPS) is 10.9. The van der Waals surface area contributed by atoms with Crippen LogP contribution in [0.4, 0.5) is 0 Å². The molecule has 0 bridgehead atoms. The molecule has 3 heteroatoms. The largest absolute Gasteiger partial charge is 0.295 e. The fourth-order valence-corrected chi connectivity index (χ4v) is 3.51. The highest BCUT2D eigenvalue weighted by molar-refractivity contribution is 7.08. The van der Waals surface area contributed by atoms with Crippen molar-refractivity contribution in [3.05, 3.63) is 77.0 Å². The molecule has 2 heterocycles. The zero-order valence-electron chi connectivity index (χ0n) is 13.2. The van der Waals surface area contributed by atoms with Crippen molar-refractivity contribution in [2.75, 3.05) is 0 Å². The Morgan fingerprint density at radius 3 is 2.46 bits per heavy atom. The molecule has 0 aliphatic rings. The summed E-state index contributed by atoms with van der Waals surface area (Å²) in [4.78, 5) is 16.3. The van der Waals surface area contributed by atoms with Crippen LogP contribution in [0.1, 0.15) is 17.3 Å². The summed E-state index contributed by atoms with van der Waals surface area (Å²) in [6, 6.07) is 20.1. The number of pyridine rings is 1. The Hall–Kier alpha value is -2.78. The first kappa shape index (κ1) is 14.8. The van der Waals surface area contributed by atoms with Crippen molar-refractivity contribution in [3.8, 4) is 22.4 Å². The number of aromatic nitrogens is 1. The van der Waals surface area contributed by atoms with Crippen LogP contribution >= 0.6 is 11.3 Å². The zero-order valence-corrected chi connectivity index (χ0v) is 14.0. The molecule has 0 amide bonds. The van der Waals surface area contributed by atoms with Crippen LogP contribution in [0.2, 0.25) is 0 Å². The monoisotopic (exact) mass is 329 g/mol. The standard InChI is InChI=1S/C21H15NOS/c1-14(23)15-6-8-16(9-7-15)21-12-19(17-10-11-24-13-17)18-4-2-3-5-20(18)22-21/h2-13H,1H3. The van der Waals surface area contributed by atoms with E-state index in [-0.39, 0.29) is 5.78 Å². The Bertz CT molecular complexity index is 1020. The van der Waals surface area contributed by atoms with Gasteiger partial charge in [-0.2, -0.15) is 11.3 Å². The van der Waals surface area contributed by atoms with Crippen LogP contribution in [-0.4, -0.2) is 10.8 Å². The minimum absolute atomic E-state index is 0.0759. The number of Topliss-reactive ketones (excluding diaryl/α,β-unsaturated/α-hetero) is 1. The molecule has 0 saturated carbocycles. The van der Waals surface area contributed by atoms with Crippen molar-refractivity contribution in [3.63, 3.8) is 0 Å². The van der Waals surface area contributed by atoms with Crippen molar-refractivity contribution in [1.82, 2.24) is 4.98 Å². The van der Waals surface area contributed by atoms with Gasteiger partial charge in [-0.15, -0.1) is 0 Å². The van der Waals surface area contributed by atoms with Gasteiger partial charge in [0, 0.05) is 16.5 Å². The average molecular weight is 329 g/mol. The summed E-state index contributed by atoms with van der Waals surface area (Å²) in [7, 11) is 0. The summed E-state index contributed by atoms with van der Waals surface area (Å²) in [5.74, 6) is 0.0759. The second kappa shape index (κ2) is 6.02. The molecule has 0 atom stereocenters. The first-order chi connectivity index (χ1) is 11.7.